The highest BCUT2D eigenvalue weighted by Gasteiger charge is 2.25. The average molecular weight is 222 g/mol. The third-order valence-corrected chi connectivity index (χ3v) is 2.77. The highest BCUT2D eigenvalue weighted by atomic mass is 16.6. The van der Waals surface area contributed by atoms with Crippen molar-refractivity contribution in [1.29, 1.82) is 0 Å². The van der Waals surface area contributed by atoms with E-state index in [1.807, 2.05) is 0 Å². The molecular formula is C10H14N4O2. The van der Waals surface area contributed by atoms with Gasteiger partial charge >= 0.3 is 0 Å². The fourth-order valence-electron chi connectivity index (χ4n) is 1.95. The normalized spacial score (nSPS) is 23.6. The first kappa shape index (κ1) is 10.7. The lowest BCUT2D eigenvalue weighted by atomic mass is 9.82. The van der Waals surface area contributed by atoms with Crippen LogP contribution in [0.1, 0.15) is 19.8 Å². The highest BCUT2D eigenvalue weighted by Crippen LogP contribution is 2.30. The first-order valence-corrected chi connectivity index (χ1v) is 5.23. The summed E-state index contributed by atoms with van der Waals surface area (Å²) in [4.78, 5) is 14.2. The molecule has 0 aromatic carbocycles. The largest absolute Gasteiger partial charge is 0.383 e. The molecule has 1 aromatic heterocycles. The van der Waals surface area contributed by atoms with Crippen LogP contribution < -0.4 is 11.1 Å². The molecule has 1 aliphatic carbocycles. The van der Waals surface area contributed by atoms with Crippen LogP contribution in [0.3, 0.4) is 0 Å². The second-order valence-electron chi connectivity index (χ2n) is 4.31. The summed E-state index contributed by atoms with van der Waals surface area (Å²) in [6, 6.07) is 3.04. The fourth-order valence-corrected chi connectivity index (χ4v) is 1.95. The van der Waals surface area contributed by atoms with E-state index in [9.17, 15) is 10.1 Å². The Morgan fingerprint density at radius 1 is 1.56 bits per heavy atom. The van der Waals surface area contributed by atoms with Crippen LogP contribution in [0.5, 0.6) is 0 Å². The first-order chi connectivity index (χ1) is 7.54. The molecule has 6 heteroatoms. The number of nitrogens with zero attached hydrogens (tertiary/aromatic N) is 2. The van der Waals surface area contributed by atoms with Gasteiger partial charge in [-0.05, 0) is 18.8 Å². The van der Waals surface area contributed by atoms with Crippen molar-refractivity contribution in [3.8, 4) is 0 Å². The number of aromatic nitrogens is 1. The lowest BCUT2D eigenvalue weighted by Gasteiger charge is -2.33. The summed E-state index contributed by atoms with van der Waals surface area (Å²) in [6.07, 6.45) is 2.15. The van der Waals surface area contributed by atoms with Gasteiger partial charge in [0.2, 0.25) is 0 Å². The maximum absolute atomic E-state index is 10.6. The zero-order valence-corrected chi connectivity index (χ0v) is 9.01. The molecule has 1 aliphatic rings. The Balaban J connectivity index is 2.11. The van der Waals surface area contributed by atoms with E-state index in [0.717, 1.165) is 12.8 Å². The molecule has 0 radical (unpaired) electrons. The molecule has 0 saturated heterocycles. The van der Waals surface area contributed by atoms with E-state index in [4.69, 9.17) is 5.73 Å². The maximum atomic E-state index is 10.6. The number of nitro groups is 1. The van der Waals surface area contributed by atoms with Gasteiger partial charge in [0, 0.05) is 6.04 Å². The molecule has 0 unspecified atom stereocenters. The summed E-state index contributed by atoms with van der Waals surface area (Å²) >= 11 is 0. The Hall–Kier alpha value is -1.85. The SMILES string of the molecule is CC1CC(Nc2cc([N+](=O)[O-])cc(N)n2)C1. The Labute approximate surface area is 93.0 Å². The predicted molar refractivity (Wildman–Crippen MR) is 61.1 cm³/mol. The van der Waals surface area contributed by atoms with E-state index >= 15 is 0 Å². The minimum Gasteiger partial charge on any atom is -0.383 e. The van der Waals surface area contributed by atoms with E-state index in [-0.39, 0.29) is 11.5 Å². The van der Waals surface area contributed by atoms with Gasteiger partial charge in [-0.15, -0.1) is 0 Å². The number of pyridine rings is 1. The molecule has 1 saturated carbocycles. The summed E-state index contributed by atoms with van der Waals surface area (Å²) in [6.45, 7) is 2.17. The molecule has 0 amide bonds. The Morgan fingerprint density at radius 2 is 2.25 bits per heavy atom. The van der Waals surface area contributed by atoms with Crippen molar-refractivity contribution < 1.29 is 4.92 Å². The van der Waals surface area contributed by atoms with Crippen LogP contribution in [0.2, 0.25) is 0 Å². The van der Waals surface area contributed by atoms with Gasteiger partial charge in [0.1, 0.15) is 11.6 Å². The van der Waals surface area contributed by atoms with Crippen molar-refractivity contribution in [1.82, 2.24) is 4.98 Å². The summed E-state index contributed by atoms with van der Waals surface area (Å²) < 4.78 is 0. The van der Waals surface area contributed by atoms with E-state index in [2.05, 4.69) is 17.2 Å². The molecule has 6 nitrogen and oxygen atoms in total. The van der Waals surface area contributed by atoms with Crippen molar-refractivity contribution >= 4 is 17.3 Å². The van der Waals surface area contributed by atoms with E-state index in [0.29, 0.717) is 17.8 Å². The molecular weight excluding hydrogens is 208 g/mol. The molecule has 0 aliphatic heterocycles. The van der Waals surface area contributed by atoms with Gasteiger partial charge in [0.05, 0.1) is 17.1 Å². The Kier molecular flexibility index (Phi) is 2.64. The van der Waals surface area contributed by atoms with Crippen LogP contribution in [0.15, 0.2) is 12.1 Å². The van der Waals surface area contributed by atoms with Crippen molar-refractivity contribution in [2.24, 2.45) is 5.92 Å². The number of rotatable bonds is 3. The van der Waals surface area contributed by atoms with Crippen LogP contribution in [0, 0.1) is 16.0 Å². The van der Waals surface area contributed by atoms with E-state index in [1.54, 1.807) is 0 Å². The average Bonchev–Trinajstić information content (AvgIpc) is 2.14. The number of hydrogen-bond donors (Lipinski definition) is 2. The first-order valence-electron chi connectivity index (χ1n) is 5.23. The van der Waals surface area contributed by atoms with E-state index < -0.39 is 4.92 Å². The van der Waals surface area contributed by atoms with Crippen LogP contribution in [-0.4, -0.2) is 15.9 Å². The number of nitrogens with one attached hydrogen (secondary N) is 1. The van der Waals surface area contributed by atoms with Gasteiger partial charge in [0.25, 0.3) is 5.69 Å². The van der Waals surface area contributed by atoms with Gasteiger partial charge in [-0.2, -0.15) is 0 Å². The molecule has 0 spiro atoms. The van der Waals surface area contributed by atoms with Crippen molar-refractivity contribution in [3.63, 3.8) is 0 Å². The van der Waals surface area contributed by atoms with Crippen molar-refractivity contribution in [2.45, 2.75) is 25.8 Å². The van der Waals surface area contributed by atoms with Crippen molar-refractivity contribution in [3.05, 3.63) is 22.2 Å². The number of anilines is 2. The lowest BCUT2D eigenvalue weighted by Crippen LogP contribution is -2.34. The predicted octanol–water partition coefficient (Wildman–Crippen LogP) is 1.78. The quantitative estimate of drug-likeness (QED) is 0.600. The molecule has 16 heavy (non-hydrogen) atoms. The molecule has 3 N–H and O–H groups in total. The smallest absolute Gasteiger partial charge is 0.276 e. The Bertz CT molecular complexity index is 415. The number of nitrogens with two attached hydrogens (primary N) is 1. The second kappa shape index (κ2) is 3.96. The number of nitrogen functional groups attached to an aromatic ring is 1. The molecule has 0 bridgehead atoms. The van der Waals surface area contributed by atoms with Crippen LogP contribution in [-0.2, 0) is 0 Å². The van der Waals surface area contributed by atoms with Gasteiger partial charge < -0.3 is 11.1 Å². The van der Waals surface area contributed by atoms with Crippen LogP contribution in [0.25, 0.3) is 0 Å². The summed E-state index contributed by atoms with van der Waals surface area (Å²) in [7, 11) is 0. The van der Waals surface area contributed by atoms with Crippen LogP contribution in [0.4, 0.5) is 17.3 Å². The lowest BCUT2D eigenvalue weighted by molar-refractivity contribution is -0.384. The summed E-state index contributed by atoms with van der Waals surface area (Å²) in [5.41, 5.74) is 5.48. The zero-order valence-electron chi connectivity index (χ0n) is 9.01. The Morgan fingerprint density at radius 3 is 2.81 bits per heavy atom. The monoisotopic (exact) mass is 222 g/mol. The third-order valence-electron chi connectivity index (χ3n) is 2.77. The van der Waals surface area contributed by atoms with Gasteiger partial charge in [-0.1, -0.05) is 6.92 Å². The molecule has 1 aromatic rings. The maximum Gasteiger partial charge on any atom is 0.276 e. The minimum atomic E-state index is -0.466. The third kappa shape index (κ3) is 2.21. The molecule has 1 heterocycles. The van der Waals surface area contributed by atoms with Crippen LogP contribution >= 0.6 is 0 Å². The molecule has 0 atom stereocenters. The van der Waals surface area contributed by atoms with Gasteiger partial charge in [-0.25, -0.2) is 4.98 Å². The number of hydrogen-bond acceptors (Lipinski definition) is 5. The topological polar surface area (TPSA) is 94.1 Å². The molecule has 2 rings (SSSR count). The highest BCUT2D eigenvalue weighted by molar-refractivity contribution is 5.53. The molecule has 86 valence electrons. The van der Waals surface area contributed by atoms with Crippen molar-refractivity contribution in [2.75, 3.05) is 11.1 Å². The summed E-state index contributed by atoms with van der Waals surface area (Å²) in [5.74, 6) is 1.38. The standard InChI is InChI=1S/C10H14N4O2/c1-6-2-7(3-6)12-10-5-8(14(15)16)4-9(11)13-10/h4-7H,2-3H2,1H3,(H3,11,12,13). The summed E-state index contributed by atoms with van der Waals surface area (Å²) in [5, 5.41) is 13.8. The van der Waals surface area contributed by atoms with Gasteiger partial charge in [0.15, 0.2) is 0 Å². The molecule has 1 fully saturated rings. The minimum absolute atomic E-state index is 0.0256. The fraction of sp³-hybridized carbons (Fsp3) is 0.500. The van der Waals surface area contributed by atoms with Gasteiger partial charge in [-0.3, -0.25) is 10.1 Å². The van der Waals surface area contributed by atoms with E-state index in [1.165, 1.54) is 12.1 Å². The second-order valence-corrected chi connectivity index (χ2v) is 4.31. The zero-order chi connectivity index (χ0) is 11.7.